The Morgan fingerprint density at radius 2 is 2.24 bits per heavy atom. The number of piperidine rings is 1. The SMILES string of the molecule is CCC(N)C(c1sccc1C)N1CC(C(N)=O)CCC1C. The third-order valence-electron chi connectivity index (χ3n) is 4.74. The maximum Gasteiger partial charge on any atom is 0.221 e. The van der Waals surface area contributed by atoms with Crippen LogP contribution in [0.5, 0.6) is 0 Å². The van der Waals surface area contributed by atoms with Gasteiger partial charge in [-0.25, -0.2) is 0 Å². The Bertz CT molecular complexity index is 488. The molecular formula is C16H27N3OS. The summed E-state index contributed by atoms with van der Waals surface area (Å²) >= 11 is 1.77. The minimum Gasteiger partial charge on any atom is -0.369 e. The maximum absolute atomic E-state index is 11.6. The second-order valence-electron chi connectivity index (χ2n) is 6.21. The molecule has 5 heteroatoms. The van der Waals surface area contributed by atoms with E-state index in [0.29, 0.717) is 6.04 Å². The number of carbonyl (C=O) groups excluding carboxylic acids is 1. The molecule has 0 saturated carbocycles. The van der Waals surface area contributed by atoms with E-state index in [1.165, 1.54) is 10.4 Å². The van der Waals surface area contributed by atoms with Crippen LogP contribution >= 0.6 is 11.3 Å². The molecule has 1 aromatic heterocycles. The number of hydrogen-bond acceptors (Lipinski definition) is 4. The molecule has 0 aromatic carbocycles. The number of aryl methyl sites for hydroxylation is 1. The largest absolute Gasteiger partial charge is 0.369 e. The Morgan fingerprint density at radius 3 is 2.76 bits per heavy atom. The number of hydrogen-bond donors (Lipinski definition) is 2. The standard InChI is InChI=1S/C16H27N3OS/c1-4-13(17)14(15-10(2)7-8-21-15)19-9-12(16(18)20)6-5-11(19)3/h7-8,11-14H,4-6,9,17H2,1-3H3,(H2,18,20). The van der Waals surface area contributed by atoms with Gasteiger partial charge in [-0.2, -0.15) is 0 Å². The van der Waals surface area contributed by atoms with Crippen LogP contribution in [0.25, 0.3) is 0 Å². The number of thiophene rings is 1. The second-order valence-corrected chi connectivity index (χ2v) is 7.15. The Hall–Kier alpha value is -0.910. The van der Waals surface area contributed by atoms with Crippen LogP contribution in [-0.4, -0.2) is 29.4 Å². The van der Waals surface area contributed by atoms with E-state index < -0.39 is 0 Å². The van der Waals surface area contributed by atoms with Crippen LogP contribution in [0.4, 0.5) is 0 Å². The molecule has 1 saturated heterocycles. The van der Waals surface area contributed by atoms with Gasteiger partial charge < -0.3 is 11.5 Å². The van der Waals surface area contributed by atoms with E-state index in [9.17, 15) is 4.79 Å². The van der Waals surface area contributed by atoms with Gasteiger partial charge in [-0.05, 0) is 50.1 Å². The van der Waals surface area contributed by atoms with Gasteiger partial charge in [-0.15, -0.1) is 11.3 Å². The van der Waals surface area contributed by atoms with Crippen LogP contribution in [0, 0.1) is 12.8 Å². The van der Waals surface area contributed by atoms with E-state index in [2.05, 4.69) is 37.1 Å². The molecule has 2 heterocycles. The monoisotopic (exact) mass is 309 g/mol. The number of amides is 1. The lowest BCUT2D eigenvalue weighted by Gasteiger charge is -2.44. The number of primary amides is 1. The molecule has 2 rings (SSSR count). The summed E-state index contributed by atoms with van der Waals surface area (Å²) in [6.07, 6.45) is 2.82. The molecule has 21 heavy (non-hydrogen) atoms. The van der Waals surface area contributed by atoms with Gasteiger partial charge in [0.25, 0.3) is 0 Å². The number of rotatable bonds is 5. The average Bonchev–Trinajstić information content (AvgIpc) is 2.86. The Balaban J connectivity index is 2.31. The molecule has 4 atom stereocenters. The highest BCUT2D eigenvalue weighted by Gasteiger charge is 2.36. The van der Waals surface area contributed by atoms with Crippen LogP contribution in [-0.2, 0) is 4.79 Å². The summed E-state index contributed by atoms with van der Waals surface area (Å²) in [4.78, 5) is 15.3. The minimum absolute atomic E-state index is 0.0481. The van der Waals surface area contributed by atoms with Crippen molar-refractivity contribution >= 4 is 17.2 Å². The quantitative estimate of drug-likeness (QED) is 0.877. The second kappa shape index (κ2) is 6.90. The smallest absolute Gasteiger partial charge is 0.221 e. The van der Waals surface area contributed by atoms with Gasteiger partial charge in [-0.1, -0.05) is 6.92 Å². The van der Waals surface area contributed by atoms with Crippen LogP contribution in [0.1, 0.15) is 49.6 Å². The molecule has 4 N–H and O–H groups in total. The number of nitrogens with zero attached hydrogens (tertiary/aromatic N) is 1. The molecule has 1 fully saturated rings. The topological polar surface area (TPSA) is 72.3 Å². The predicted molar refractivity (Wildman–Crippen MR) is 88.1 cm³/mol. The van der Waals surface area contributed by atoms with Gasteiger partial charge in [0.2, 0.25) is 5.91 Å². The maximum atomic E-state index is 11.6. The zero-order valence-corrected chi connectivity index (χ0v) is 14.0. The van der Waals surface area contributed by atoms with Gasteiger partial charge >= 0.3 is 0 Å². The van der Waals surface area contributed by atoms with Crippen molar-refractivity contribution in [2.45, 2.75) is 58.2 Å². The van der Waals surface area contributed by atoms with Crippen LogP contribution in [0.15, 0.2) is 11.4 Å². The van der Waals surface area contributed by atoms with Crippen LogP contribution in [0.3, 0.4) is 0 Å². The lowest BCUT2D eigenvalue weighted by molar-refractivity contribution is -0.124. The van der Waals surface area contributed by atoms with Gasteiger partial charge in [0.15, 0.2) is 0 Å². The van der Waals surface area contributed by atoms with E-state index in [4.69, 9.17) is 11.5 Å². The zero-order valence-electron chi connectivity index (χ0n) is 13.2. The van der Waals surface area contributed by atoms with Crippen molar-refractivity contribution in [3.8, 4) is 0 Å². The molecule has 1 aliphatic heterocycles. The van der Waals surface area contributed by atoms with Gasteiger partial charge in [-0.3, -0.25) is 9.69 Å². The molecule has 1 aromatic rings. The van der Waals surface area contributed by atoms with Gasteiger partial charge in [0, 0.05) is 23.5 Å². The van der Waals surface area contributed by atoms with Crippen LogP contribution < -0.4 is 11.5 Å². The first-order valence-corrected chi connectivity index (χ1v) is 8.68. The first-order chi connectivity index (χ1) is 9.95. The lowest BCUT2D eigenvalue weighted by Crippen LogP contribution is -2.51. The van der Waals surface area contributed by atoms with Crippen molar-refractivity contribution in [2.75, 3.05) is 6.54 Å². The van der Waals surface area contributed by atoms with Crippen molar-refractivity contribution in [3.05, 3.63) is 21.9 Å². The molecule has 1 amide bonds. The highest BCUT2D eigenvalue weighted by atomic mass is 32.1. The molecule has 0 aliphatic carbocycles. The molecule has 4 nitrogen and oxygen atoms in total. The summed E-state index contributed by atoms with van der Waals surface area (Å²) in [6, 6.07) is 2.85. The van der Waals surface area contributed by atoms with E-state index in [-0.39, 0.29) is 23.9 Å². The predicted octanol–water partition coefficient (Wildman–Crippen LogP) is 2.42. The summed E-state index contributed by atoms with van der Waals surface area (Å²) in [5, 5.41) is 2.13. The summed E-state index contributed by atoms with van der Waals surface area (Å²) in [7, 11) is 0. The Morgan fingerprint density at radius 1 is 1.52 bits per heavy atom. The molecule has 118 valence electrons. The normalized spacial score (nSPS) is 26.5. The number of nitrogens with two attached hydrogens (primary N) is 2. The zero-order chi connectivity index (χ0) is 15.6. The van der Waals surface area contributed by atoms with Crippen molar-refractivity contribution < 1.29 is 4.79 Å². The molecular weight excluding hydrogens is 282 g/mol. The lowest BCUT2D eigenvalue weighted by atomic mass is 9.89. The summed E-state index contributed by atoms with van der Waals surface area (Å²) in [5.41, 5.74) is 13.3. The third kappa shape index (κ3) is 3.47. The molecule has 1 aliphatic rings. The highest BCUT2D eigenvalue weighted by Crippen LogP contribution is 2.37. The van der Waals surface area contributed by atoms with Crippen molar-refractivity contribution in [3.63, 3.8) is 0 Å². The van der Waals surface area contributed by atoms with Crippen LogP contribution in [0.2, 0.25) is 0 Å². The number of likely N-dealkylation sites (tertiary alicyclic amines) is 1. The minimum atomic E-state index is -0.182. The van der Waals surface area contributed by atoms with E-state index in [1.807, 2.05) is 0 Å². The Labute approximate surface area is 131 Å². The average molecular weight is 309 g/mol. The molecule has 0 bridgehead atoms. The first-order valence-electron chi connectivity index (χ1n) is 7.80. The van der Waals surface area contributed by atoms with Crippen molar-refractivity contribution in [2.24, 2.45) is 17.4 Å². The van der Waals surface area contributed by atoms with E-state index in [0.717, 1.165) is 25.8 Å². The highest BCUT2D eigenvalue weighted by molar-refractivity contribution is 7.10. The fourth-order valence-electron chi connectivity index (χ4n) is 3.26. The first kappa shape index (κ1) is 16.5. The van der Waals surface area contributed by atoms with Crippen molar-refractivity contribution in [1.29, 1.82) is 0 Å². The van der Waals surface area contributed by atoms with Gasteiger partial charge in [0.1, 0.15) is 0 Å². The molecule has 4 unspecified atom stereocenters. The summed E-state index contributed by atoms with van der Waals surface area (Å²) in [6.45, 7) is 7.23. The molecule has 0 spiro atoms. The Kier molecular flexibility index (Phi) is 5.41. The third-order valence-corrected chi connectivity index (χ3v) is 5.83. The van der Waals surface area contributed by atoms with E-state index in [1.54, 1.807) is 11.3 Å². The fourth-order valence-corrected chi connectivity index (χ4v) is 4.38. The van der Waals surface area contributed by atoms with Crippen molar-refractivity contribution in [1.82, 2.24) is 4.90 Å². The van der Waals surface area contributed by atoms with Gasteiger partial charge in [0.05, 0.1) is 12.0 Å². The summed E-state index contributed by atoms with van der Waals surface area (Å²) in [5.74, 6) is -0.230. The summed E-state index contributed by atoms with van der Waals surface area (Å²) < 4.78 is 0. The van der Waals surface area contributed by atoms with E-state index >= 15 is 0 Å². The molecule has 0 radical (unpaired) electrons. The fraction of sp³-hybridized carbons (Fsp3) is 0.688. The number of carbonyl (C=O) groups is 1.